The van der Waals surface area contributed by atoms with E-state index in [0.29, 0.717) is 40.9 Å². The summed E-state index contributed by atoms with van der Waals surface area (Å²) in [6.45, 7) is 4.16. The number of para-hydroxylation sites is 1. The second kappa shape index (κ2) is 7.66. The lowest BCUT2D eigenvalue weighted by Crippen LogP contribution is -2.50. The number of fused-ring (bicyclic) bond motifs is 1. The van der Waals surface area contributed by atoms with Crippen LogP contribution in [0.4, 0.5) is 18.9 Å². The molecule has 1 aliphatic heterocycles. The fourth-order valence-corrected chi connectivity index (χ4v) is 4.25. The number of carbonyl (C=O) groups excluding carboxylic acids is 1. The van der Waals surface area contributed by atoms with E-state index in [-0.39, 0.29) is 11.9 Å². The molecule has 1 saturated heterocycles. The second-order valence-corrected chi connectivity index (χ2v) is 9.29. The smallest absolute Gasteiger partial charge is 0.335 e. The molecule has 1 fully saturated rings. The van der Waals surface area contributed by atoms with Gasteiger partial charge in [-0.1, -0.05) is 30.8 Å². The number of amides is 1. The Kier molecular flexibility index (Phi) is 5.24. The zero-order valence-electron chi connectivity index (χ0n) is 16.9. The minimum Gasteiger partial charge on any atom is -0.335 e. The number of rotatable bonds is 5. The van der Waals surface area contributed by atoms with E-state index < -0.39 is 21.8 Å². The van der Waals surface area contributed by atoms with Crippen molar-refractivity contribution in [2.24, 2.45) is 0 Å². The zero-order valence-corrected chi connectivity index (χ0v) is 17.7. The minimum atomic E-state index is -4.46. The SMILES string of the molecule is C=CC(=O)N1CC(n2nc(-c3ccc(C(F)(F)F)cc3)c3cccc(NS(C)(=O)=O)c32)C1. The van der Waals surface area contributed by atoms with Crippen molar-refractivity contribution in [3.63, 3.8) is 0 Å². The number of carbonyl (C=O) groups is 1. The first-order valence-electron chi connectivity index (χ1n) is 9.56. The van der Waals surface area contributed by atoms with E-state index >= 15 is 0 Å². The molecule has 4 rings (SSSR count). The van der Waals surface area contributed by atoms with Crippen LogP contribution < -0.4 is 4.72 Å². The highest BCUT2D eigenvalue weighted by Gasteiger charge is 2.34. The predicted molar refractivity (Wildman–Crippen MR) is 114 cm³/mol. The Morgan fingerprint density at radius 1 is 1.19 bits per heavy atom. The summed E-state index contributed by atoms with van der Waals surface area (Å²) in [7, 11) is -3.60. The molecule has 3 aromatic rings. The summed E-state index contributed by atoms with van der Waals surface area (Å²) < 4.78 is 66.7. The Labute approximate surface area is 182 Å². The van der Waals surface area contributed by atoms with Gasteiger partial charge in [0.25, 0.3) is 0 Å². The van der Waals surface area contributed by atoms with Crippen LogP contribution in [0.25, 0.3) is 22.2 Å². The monoisotopic (exact) mass is 464 g/mol. The highest BCUT2D eigenvalue weighted by molar-refractivity contribution is 7.92. The maximum Gasteiger partial charge on any atom is 0.416 e. The van der Waals surface area contributed by atoms with Crippen LogP contribution >= 0.6 is 0 Å². The zero-order chi connectivity index (χ0) is 23.3. The number of benzene rings is 2. The van der Waals surface area contributed by atoms with Gasteiger partial charge in [0.1, 0.15) is 5.69 Å². The lowest BCUT2D eigenvalue weighted by molar-refractivity contribution is -0.137. The predicted octanol–water partition coefficient (Wildman–Crippen LogP) is 3.66. The topological polar surface area (TPSA) is 84.3 Å². The summed E-state index contributed by atoms with van der Waals surface area (Å²) in [4.78, 5) is 13.4. The van der Waals surface area contributed by atoms with E-state index in [9.17, 15) is 26.4 Å². The van der Waals surface area contributed by atoms with Gasteiger partial charge in [0.15, 0.2) is 0 Å². The minimum absolute atomic E-state index is 0.227. The van der Waals surface area contributed by atoms with Gasteiger partial charge in [-0.05, 0) is 24.3 Å². The highest BCUT2D eigenvalue weighted by Crippen LogP contribution is 2.37. The van der Waals surface area contributed by atoms with Gasteiger partial charge in [0, 0.05) is 24.0 Å². The van der Waals surface area contributed by atoms with Gasteiger partial charge in [-0.15, -0.1) is 0 Å². The number of alkyl halides is 3. The van der Waals surface area contributed by atoms with Crippen LogP contribution in [0.1, 0.15) is 11.6 Å². The lowest BCUT2D eigenvalue weighted by Gasteiger charge is -2.39. The molecule has 0 aliphatic carbocycles. The van der Waals surface area contributed by atoms with Crippen molar-refractivity contribution < 1.29 is 26.4 Å². The third-order valence-corrected chi connectivity index (χ3v) is 5.79. The molecule has 0 saturated carbocycles. The van der Waals surface area contributed by atoms with Gasteiger partial charge < -0.3 is 4.90 Å². The highest BCUT2D eigenvalue weighted by atomic mass is 32.2. The lowest BCUT2D eigenvalue weighted by atomic mass is 10.0. The van der Waals surface area contributed by atoms with Crippen LogP contribution in [0.3, 0.4) is 0 Å². The Morgan fingerprint density at radius 3 is 2.41 bits per heavy atom. The molecule has 0 atom stereocenters. The summed E-state index contributed by atoms with van der Waals surface area (Å²) in [6, 6.07) is 9.35. The average Bonchev–Trinajstić information content (AvgIpc) is 3.05. The van der Waals surface area contributed by atoms with E-state index in [1.165, 1.54) is 18.2 Å². The third-order valence-electron chi connectivity index (χ3n) is 5.20. The van der Waals surface area contributed by atoms with Gasteiger partial charge in [-0.2, -0.15) is 18.3 Å². The van der Waals surface area contributed by atoms with E-state index in [1.54, 1.807) is 27.8 Å². The molecule has 7 nitrogen and oxygen atoms in total. The van der Waals surface area contributed by atoms with Crippen LogP contribution in [-0.4, -0.2) is 48.4 Å². The number of hydrogen-bond acceptors (Lipinski definition) is 4. The van der Waals surface area contributed by atoms with E-state index in [1.807, 2.05) is 0 Å². The molecule has 0 unspecified atom stereocenters. The summed E-state index contributed by atoms with van der Waals surface area (Å²) in [5.74, 6) is -0.227. The number of nitrogens with one attached hydrogen (secondary N) is 1. The number of halogens is 3. The van der Waals surface area contributed by atoms with Gasteiger partial charge in [0.05, 0.1) is 29.1 Å². The van der Waals surface area contributed by atoms with Crippen molar-refractivity contribution in [3.8, 4) is 11.3 Å². The number of anilines is 1. The van der Waals surface area contributed by atoms with Crippen molar-refractivity contribution in [1.82, 2.24) is 14.7 Å². The molecule has 168 valence electrons. The number of hydrogen-bond donors (Lipinski definition) is 1. The number of sulfonamides is 1. The van der Waals surface area contributed by atoms with Crippen molar-refractivity contribution in [3.05, 3.63) is 60.7 Å². The largest absolute Gasteiger partial charge is 0.416 e. The second-order valence-electron chi connectivity index (χ2n) is 7.55. The van der Waals surface area contributed by atoms with Crippen LogP contribution in [0.2, 0.25) is 0 Å². The van der Waals surface area contributed by atoms with Crippen LogP contribution in [0.15, 0.2) is 55.1 Å². The Hall–Kier alpha value is -3.34. The van der Waals surface area contributed by atoms with Crippen molar-refractivity contribution >= 4 is 32.5 Å². The van der Waals surface area contributed by atoms with Gasteiger partial charge in [-0.25, -0.2) is 8.42 Å². The maximum atomic E-state index is 13.0. The quantitative estimate of drug-likeness (QED) is 0.584. The van der Waals surface area contributed by atoms with E-state index in [4.69, 9.17) is 0 Å². The first kappa shape index (κ1) is 21.9. The standard InChI is InChI=1S/C21H19F3N4O3S/c1-3-18(29)27-11-15(12-27)28-20-16(5-4-6-17(20)26-32(2,30)31)19(25-28)13-7-9-14(10-8-13)21(22,23)24/h3-10,15,26H,1,11-12H2,2H3. The fraction of sp³-hybridized carbons (Fsp3) is 0.238. The first-order chi connectivity index (χ1) is 15.0. The Balaban J connectivity index is 1.83. The Bertz CT molecular complexity index is 1310. The molecule has 32 heavy (non-hydrogen) atoms. The van der Waals surface area contributed by atoms with Crippen molar-refractivity contribution in [2.75, 3.05) is 24.1 Å². The van der Waals surface area contributed by atoms with E-state index in [0.717, 1.165) is 18.4 Å². The molecule has 0 spiro atoms. The normalized spacial score (nSPS) is 14.9. The Morgan fingerprint density at radius 2 is 1.84 bits per heavy atom. The molecule has 1 aromatic heterocycles. The van der Waals surface area contributed by atoms with Crippen LogP contribution in [0.5, 0.6) is 0 Å². The molecule has 11 heteroatoms. The fourth-order valence-electron chi connectivity index (χ4n) is 3.69. The summed E-state index contributed by atoms with van der Waals surface area (Å²) in [5, 5.41) is 5.20. The first-order valence-corrected chi connectivity index (χ1v) is 11.4. The van der Waals surface area contributed by atoms with Crippen molar-refractivity contribution in [1.29, 1.82) is 0 Å². The van der Waals surface area contributed by atoms with Gasteiger partial charge in [0.2, 0.25) is 15.9 Å². The van der Waals surface area contributed by atoms with Crippen LogP contribution in [-0.2, 0) is 21.0 Å². The molecule has 2 heterocycles. The molecular weight excluding hydrogens is 445 g/mol. The molecule has 1 N–H and O–H groups in total. The molecular formula is C21H19F3N4O3S. The molecule has 2 aromatic carbocycles. The van der Waals surface area contributed by atoms with Crippen LogP contribution in [0, 0.1) is 0 Å². The average molecular weight is 464 g/mol. The molecule has 1 amide bonds. The number of aromatic nitrogens is 2. The molecule has 0 bridgehead atoms. The summed E-state index contributed by atoms with van der Waals surface area (Å²) in [5.41, 5.74) is 0.880. The summed E-state index contributed by atoms with van der Waals surface area (Å²) >= 11 is 0. The van der Waals surface area contributed by atoms with Gasteiger partial charge >= 0.3 is 6.18 Å². The van der Waals surface area contributed by atoms with E-state index in [2.05, 4.69) is 16.4 Å². The third kappa shape index (κ3) is 4.07. The number of likely N-dealkylation sites (tertiary alicyclic amines) is 1. The van der Waals surface area contributed by atoms with Crippen molar-refractivity contribution in [2.45, 2.75) is 12.2 Å². The maximum absolute atomic E-state index is 13.0. The number of nitrogens with zero attached hydrogens (tertiary/aromatic N) is 3. The molecule has 0 radical (unpaired) electrons. The molecule has 1 aliphatic rings. The van der Waals surface area contributed by atoms with Gasteiger partial charge in [-0.3, -0.25) is 14.2 Å². The summed E-state index contributed by atoms with van der Waals surface area (Å²) in [6.07, 6.45) is -2.22.